The zero-order valence-corrected chi connectivity index (χ0v) is 87.8. The maximum absolute atomic E-state index is 14.2. The molecular formula is C95H134F10O28S7. The fourth-order valence-corrected chi connectivity index (χ4v) is 26.4. The smallest absolute Gasteiger partial charge is 0.460 e. The summed E-state index contributed by atoms with van der Waals surface area (Å²) in [5.74, 6) is -12.6. The van der Waals surface area contributed by atoms with Crippen LogP contribution in [0.25, 0.3) is 0 Å². The van der Waals surface area contributed by atoms with Crippen molar-refractivity contribution in [2.24, 2.45) is 46.3 Å². The SMILES string of the molecule is CC(C)(C)c1cc(C(C)(C)C)c(S(=O)(=O)O)c(C(C)(C)C)c1.CC(C)(C)c1cccc(C(C)(C)C)c1S(=O)(=O)O.CC(C)c1cccc(C(C)C)c1CS(=O)(=O)C(F)(F)C(F)(F)C(F)(F)S(=O)(=O)O.O=C(CCC12CC3CC(CC(C3)C1)C2)C(F)(F)S(=O)(=O)O.O=C(OC1CCCCC1)c1cc(C(=O)OC2CCCCC2)cc(S(=O)(=O)O)c1.O=C1C2CC3CC1CC(COC(=O)C(F)(F)S(=O)(=O)O)(C3)C2. The van der Waals surface area contributed by atoms with Crippen molar-refractivity contribution >= 4 is 100 Å². The Morgan fingerprint density at radius 3 is 1.09 bits per heavy atom. The minimum atomic E-state index is -7.05. The number of hydrogen-bond acceptors (Lipinski definition) is 22. The van der Waals surface area contributed by atoms with E-state index < -0.39 is 155 Å². The maximum atomic E-state index is 14.2. The number of alkyl halides is 10. The lowest BCUT2D eigenvalue weighted by Gasteiger charge is -2.57. The molecule has 0 aromatic heterocycles. The molecule has 0 heterocycles. The monoisotopic (exact) mass is 2140 g/mol. The van der Waals surface area contributed by atoms with Crippen LogP contribution in [-0.4, -0.2) is 161 Å². The molecule has 8 bridgehead atoms. The van der Waals surface area contributed by atoms with Crippen molar-refractivity contribution in [3.05, 3.63) is 122 Å². The molecule has 0 amide bonds. The second-order valence-corrected chi connectivity index (χ2v) is 55.1. The van der Waals surface area contributed by atoms with Crippen molar-refractivity contribution < 1.29 is 168 Å². The molecule has 0 saturated heterocycles. The zero-order valence-electron chi connectivity index (χ0n) is 82.1. The lowest BCUT2D eigenvalue weighted by molar-refractivity contribution is -0.245. The summed E-state index contributed by atoms with van der Waals surface area (Å²) in [6.45, 7) is 35.7. The molecule has 10 saturated carbocycles. The minimum absolute atomic E-state index is 0.0558. The fraction of sp³-hybridized carbons (Fsp3) is 0.695. The first-order chi connectivity index (χ1) is 63.0. The third kappa shape index (κ3) is 28.8. The van der Waals surface area contributed by atoms with Crippen molar-refractivity contribution in [1.29, 1.82) is 0 Å². The highest BCUT2D eigenvalue weighted by Crippen LogP contribution is 2.63. The Bertz CT molecular complexity index is 5880. The summed E-state index contributed by atoms with van der Waals surface area (Å²) in [7, 11) is -38.0. The molecule has 0 aliphatic heterocycles. The molecule has 45 heteroatoms. The highest BCUT2D eigenvalue weighted by atomic mass is 32.2. The summed E-state index contributed by atoms with van der Waals surface area (Å²) < 4.78 is 363. The number of hydrogen-bond donors (Lipinski definition) is 6. The Morgan fingerprint density at radius 1 is 0.414 bits per heavy atom. The molecule has 2 atom stereocenters. The Labute approximate surface area is 816 Å². The average molecular weight is 2140 g/mol. The molecule has 0 radical (unpaired) electrons. The van der Waals surface area contributed by atoms with Crippen LogP contribution in [0.4, 0.5) is 43.9 Å². The number of benzene rings is 4. The van der Waals surface area contributed by atoms with Crippen LogP contribution in [0.5, 0.6) is 0 Å². The van der Waals surface area contributed by atoms with Crippen molar-refractivity contribution in [1.82, 2.24) is 0 Å². The number of carbonyl (C=O) groups excluding carboxylic acids is 5. The molecule has 10 fully saturated rings. The van der Waals surface area contributed by atoms with E-state index >= 15 is 0 Å². The van der Waals surface area contributed by atoms with E-state index in [0.29, 0.717) is 71.6 Å². The first kappa shape index (κ1) is 120. The third-order valence-corrected chi connectivity index (χ3v) is 34.2. The van der Waals surface area contributed by atoms with Gasteiger partial charge in [0.05, 0.1) is 28.4 Å². The summed E-state index contributed by atoms with van der Waals surface area (Å²) >= 11 is 0. The van der Waals surface area contributed by atoms with Crippen LogP contribution in [0.15, 0.2) is 81.4 Å². The summed E-state index contributed by atoms with van der Waals surface area (Å²) in [4.78, 5) is 59.4. The number of sulfone groups is 1. The normalized spacial score (nSPS) is 22.6. The summed E-state index contributed by atoms with van der Waals surface area (Å²) in [5.41, 5.74) is 1.62. The molecule has 140 heavy (non-hydrogen) atoms. The second kappa shape index (κ2) is 43.0. The Kier molecular flexibility index (Phi) is 37.0. The van der Waals surface area contributed by atoms with Gasteiger partial charge in [-0.15, -0.1) is 0 Å². The molecule has 10 aliphatic carbocycles. The van der Waals surface area contributed by atoms with Crippen LogP contribution >= 0.6 is 0 Å². The fourth-order valence-electron chi connectivity index (χ4n) is 20.7. The molecule has 14 rings (SSSR count). The number of rotatable bonds is 24. The lowest BCUT2D eigenvalue weighted by Crippen LogP contribution is -2.60. The third-order valence-electron chi connectivity index (χ3n) is 27.2. The van der Waals surface area contributed by atoms with E-state index in [-0.39, 0.29) is 107 Å². The van der Waals surface area contributed by atoms with Gasteiger partial charge >= 0.3 is 75.2 Å². The van der Waals surface area contributed by atoms with E-state index in [1.165, 1.54) is 43.5 Å². The summed E-state index contributed by atoms with van der Waals surface area (Å²) in [5, 5.41) is -22.9. The average Bonchev–Trinajstić information content (AvgIpc) is 0.715. The first-order valence-electron chi connectivity index (χ1n) is 46.2. The van der Waals surface area contributed by atoms with E-state index in [4.69, 9.17) is 23.1 Å². The number of ether oxygens (including phenoxy) is 3. The van der Waals surface area contributed by atoms with Gasteiger partial charge in [0, 0.05) is 23.7 Å². The number of carbonyl (C=O) groups is 5. The standard InChI is InChI=1S/C20H26O7S.C18H30O3S.C16H20F6O5S2.C14H20F2O4S.C14H22O3S.C13H16F2O6S/c21-19(26-16-7-3-1-4-8-16)14-11-15(13-18(12-14)28(23,24)25)20(22)27-17-9-5-2-6-10-17;1-16(2,3)12-10-13(17(4,5)6)15(22(19,20)21)14(11-12)18(7,8)9;1-9(2)11-6-5-7-12(10(3)4)13(11)8-28(23,24)15(19,20)14(17,18)16(21,22)29(25,26)27;15-14(16,21(18,19)20)12(17)1-2-13-6-9-3-10(7-13)5-11(4-9)8-13;1-13(2,3)10-8-7-9-11(14(4,5)6)12(10)18(15,16)17;14-13(15,22(18,19)20)11(17)21-6-12-3-7-1-8(4-12)10(16)9(2-7)5-12/h11-13,16-17H,1-10H2,(H,23,24,25);10-11H,1-9H3,(H,19,20,21);5-7,9-10H,8H2,1-4H3,(H,25,26,27);9-11H,1-8H2,(H,18,19,20);7-9H,1-6H3,(H,15,16,17);7-9H,1-6H2,(H,18,19,20). The van der Waals surface area contributed by atoms with E-state index in [1.54, 1.807) is 39.8 Å². The molecule has 794 valence electrons. The van der Waals surface area contributed by atoms with Crippen LogP contribution < -0.4 is 0 Å². The molecular weight excluding hydrogens is 2000 g/mol. The van der Waals surface area contributed by atoms with E-state index in [2.05, 4.69) is 25.5 Å². The predicted octanol–water partition coefficient (Wildman–Crippen LogP) is 21.3. The van der Waals surface area contributed by atoms with Crippen LogP contribution in [-0.2, 0) is 132 Å². The molecule has 6 N–H and O–H groups in total. The van der Waals surface area contributed by atoms with Gasteiger partial charge in [-0.2, -0.15) is 94.4 Å². The van der Waals surface area contributed by atoms with Gasteiger partial charge in [0.2, 0.25) is 15.6 Å². The van der Waals surface area contributed by atoms with Crippen molar-refractivity contribution in [3.63, 3.8) is 0 Å². The van der Waals surface area contributed by atoms with Crippen LogP contribution in [0.3, 0.4) is 0 Å². The topological polar surface area (TPSA) is 473 Å². The Hall–Kier alpha value is -6.66. The highest BCUT2D eigenvalue weighted by Gasteiger charge is 2.82. The molecule has 4 aromatic carbocycles. The van der Waals surface area contributed by atoms with Gasteiger partial charge in [-0.1, -0.05) is 193 Å². The molecule has 28 nitrogen and oxygen atoms in total. The van der Waals surface area contributed by atoms with Crippen LogP contribution in [0, 0.1) is 46.3 Å². The predicted molar refractivity (Wildman–Crippen MR) is 500 cm³/mol. The van der Waals surface area contributed by atoms with Gasteiger partial charge in [-0.05, 0) is 259 Å². The minimum Gasteiger partial charge on any atom is -0.460 e. The van der Waals surface area contributed by atoms with Gasteiger partial charge in [-0.3, -0.25) is 36.9 Å². The van der Waals surface area contributed by atoms with Crippen LogP contribution in [0.2, 0.25) is 0 Å². The van der Waals surface area contributed by atoms with E-state index in [9.17, 15) is 140 Å². The quantitative estimate of drug-likeness (QED) is 0.0164. The highest BCUT2D eigenvalue weighted by molar-refractivity contribution is 7.92. The zero-order chi connectivity index (χ0) is 107. The van der Waals surface area contributed by atoms with Crippen molar-refractivity contribution in [3.8, 4) is 0 Å². The summed E-state index contributed by atoms with van der Waals surface area (Å²) in [6, 6.07) is 16.8. The van der Waals surface area contributed by atoms with E-state index in [1.807, 2.05) is 101 Å². The summed E-state index contributed by atoms with van der Waals surface area (Å²) in [6.07, 6.45) is 18.4. The van der Waals surface area contributed by atoms with Gasteiger partial charge in [0.25, 0.3) is 30.4 Å². The van der Waals surface area contributed by atoms with Gasteiger partial charge in [0.15, 0.2) is 0 Å². The molecule has 0 spiro atoms. The van der Waals surface area contributed by atoms with Gasteiger partial charge in [-0.25, -0.2) is 22.8 Å². The van der Waals surface area contributed by atoms with Gasteiger partial charge < -0.3 is 14.2 Å². The second-order valence-electron chi connectivity index (χ2n) is 44.5. The number of ketones is 2. The Morgan fingerprint density at radius 2 is 0.764 bits per heavy atom. The van der Waals surface area contributed by atoms with E-state index in [0.717, 1.165) is 114 Å². The first-order valence-corrected chi connectivity index (χ1v) is 56.5. The number of Topliss-reactive ketones (excluding diaryl/α,β-unsaturated/α-hetero) is 2. The Balaban J connectivity index is 0.000000230. The number of esters is 3. The molecule has 2 unspecified atom stereocenters. The maximum Gasteiger partial charge on any atom is 0.465 e. The largest absolute Gasteiger partial charge is 0.465 e. The lowest BCUT2D eigenvalue weighted by atomic mass is 9.48. The van der Waals surface area contributed by atoms with Gasteiger partial charge in [0.1, 0.15) is 27.8 Å². The van der Waals surface area contributed by atoms with Crippen molar-refractivity contribution in [2.75, 3.05) is 6.61 Å². The number of halogens is 10. The molecule has 10 aliphatic rings. The van der Waals surface area contributed by atoms with Crippen molar-refractivity contribution in [2.45, 2.75) is 378 Å². The molecule has 4 aromatic rings. The van der Waals surface area contributed by atoms with Crippen LogP contribution in [0.1, 0.15) is 356 Å².